The lowest BCUT2D eigenvalue weighted by Gasteiger charge is -2.02. The monoisotopic (exact) mass is 234 g/mol. The molecule has 0 saturated heterocycles. The molecular weight excluding hydrogens is 224 g/mol. The maximum atomic E-state index is 11.3. The summed E-state index contributed by atoms with van der Waals surface area (Å²) >= 11 is 0. The van der Waals surface area contributed by atoms with Crippen LogP contribution in [0.1, 0.15) is 10.4 Å². The minimum Gasteiger partial charge on any atom is -0.466 e. The highest BCUT2D eigenvalue weighted by molar-refractivity contribution is 5.93. The van der Waals surface area contributed by atoms with Crippen molar-refractivity contribution in [3.63, 3.8) is 0 Å². The Balaban J connectivity index is 2.71. The van der Waals surface area contributed by atoms with Crippen molar-refractivity contribution in [2.24, 2.45) is 0 Å². The van der Waals surface area contributed by atoms with Gasteiger partial charge in [0.2, 0.25) is 0 Å². The summed E-state index contributed by atoms with van der Waals surface area (Å²) in [6.45, 7) is 0. The minimum atomic E-state index is -0.760. The first-order chi connectivity index (χ1) is 8.17. The van der Waals surface area contributed by atoms with Gasteiger partial charge in [0.1, 0.15) is 5.75 Å². The molecule has 0 atom stereocenters. The summed E-state index contributed by atoms with van der Waals surface area (Å²) in [7, 11) is 1.19. The van der Waals surface area contributed by atoms with Crippen LogP contribution >= 0.6 is 0 Å². The zero-order chi connectivity index (χ0) is 12.7. The molecule has 0 heterocycles. The molecule has 0 N–H and O–H groups in total. The van der Waals surface area contributed by atoms with Crippen LogP contribution in [-0.2, 0) is 14.3 Å². The fourth-order valence-corrected chi connectivity index (χ4v) is 1.02. The van der Waals surface area contributed by atoms with Gasteiger partial charge in [0.25, 0.3) is 0 Å². The summed E-state index contributed by atoms with van der Waals surface area (Å²) in [5.74, 6) is -1.28. The largest absolute Gasteiger partial charge is 0.466 e. The van der Waals surface area contributed by atoms with Crippen LogP contribution in [0.15, 0.2) is 36.4 Å². The van der Waals surface area contributed by atoms with Crippen molar-refractivity contribution in [3.05, 3.63) is 42.0 Å². The van der Waals surface area contributed by atoms with E-state index in [1.165, 1.54) is 19.2 Å². The normalized spacial score (nSPS) is 9.94. The fraction of sp³-hybridized carbons (Fsp3) is 0.0833. The first-order valence-electron chi connectivity index (χ1n) is 4.69. The van der Waals surface area contributed by atoms with Crippen LogP contribution in [-0.4, -0.2) is 25.3 Å². The number of ether oxygens (including phenoxy) is 2. The predicted molar refractivity (Wildman–Crippen MR) is 58.6 cm³/mol. The van der Waals surface area contributed by atoms with Gasteiger partial charge in [0.15, 0.2) is 6.29 Å². The Morgan fingerprint density at radius 3 is 2.41 bits per heavy atom. The molecule has 88 valence electrons. The molecular formula is C12H10O5. The number of carbonyl (C=O) groups excluding carboxylic acids is 3. The summed E-state index contributed by atoms with van der Waals surface area (Å²) in [4.78, 5) is 32.6. The van der Waals surface area contributed by atoms with E-state index in [2.05, 4.69) is 4.74 Å². The molecule has 5 nitrogen and oxygen atoms in total. The van der Waals surface area contributed by atoms with Crippen LogP contribution in [0.3, 0.4) is 0 Å². The minimum absolute atomic E-state index is 0.141. The smallest absolute Gasteiger partial charge is 0.336 e. The molecule has 1 aromatic rings. The van der Waals surface area contributed by atoms with Crippen LogP contribution < -0.4 is 4.74 Å². The van der Waals surface area contributed by atoms with Crippen molar-refractivity contribution in [3.8, 4) is 5.75 Å². The number of esters is 2. The van der Waals surface area contributed by atoms with Gasteiger partial charge in [-0.3, -0.25) is 4.79 Å². The van der Waals surface area contributed by atoms with E-state index < -0.39 is 11.9 Å². The molecule has 0 aliphatic rings. The SMILES string of the molecule is COC(=O)/C=C\C(=O)Oc1ccccc1C=O. The quantitative estimate of drug-likeness (QED) is 0.338. The van der Waals surface area contributed by atoms with Gasteiger partial charge in [0.05, 0.1) is 12.7 Å². The van der Waals surface area contributed by atoms with Gasteiger partial charge >= 0.3 is 11.9 Å². The summed E-state index contributed by atoms with van der Waals surface area (Å²) in [6.07, 6.45) is 2.44. The molecule has 0 aliphatic heterocycles. The number of rotatable bonds is 4. The van der Waals surface area contributed by atoms with E-state index in [9.17, 15) is 14.4 Å². The molecule has 0 radical (unpaired) electrons. The second-order valence-electron chi connectivity index (χ2n) is 2.93. The number of hydrogen-bond acceptors (Lipinski definition) is 5. The van der Waals surface area contributed by atoms with Crippen molar-refractivity contribution in [2.45, 2.75) is 0 Å². The highest BCUT2D eigenvalue weighted by Gasteiger charge is 2.06. The average Bonchev–Trinajstić information content (AvgIpc) is 2.36. The van der Waals surface area contributed by atoms with Crippen molar-refractivity contribution < 1.29 is 23.9 Å². The van der Waals surface area contributed by atoms with Gasteiger partial charge in [-0.25, -0.2) is 9.59 Å². The van der Waals surface area contributed by atoms with Crippen LogP contribution in [0.25, 0.3) is 0 Å². The molecule has 0 amide bonds. The maximum Gasteiger partial charge on any atom is 0.336 e. The number of aldehydes is 1. The van der Waals surface area contributed by atoms with Gasteiger partial charge < -0.3 is 9.47 Å². The lowest BCUT2D eigenvalue weighted by Crippen LogP contribution is -2.07. The summed E-state index contributed by atoms with van der Waals surface area (Å²) in [5, 5.41) is 0. The third-order valence-corrected chi connectivity index (χ3v) is 1.81. The molecule has 5 heteroatoms. The van der Waals surface area contributed by atoms with E-state index in [4.69, 9.17) is 4.74 Å². The molecule has 1 aromatic carbocycles. The lowest BCUT2D eigenvalue weighted by atomic mass is 10.2. The Morgan fingerprint density at radius 2 is 1.76 bits per heavy atom. The van der Waals surface area contributed by atoms with E-state index in [-0.39, 0.29) is 11.3 Å². The van der Waals surface area contributed by atoms with Crippen molar-refractivity contribution >= 4 is 18.2 Å². The maximum absolute atomic E-state index is 11.3. The molecule has 0 spiro atoms. The Kier molecular flexibility index (Phi) is 4.62. The van der Waals surface area contributed by atoms with Crippen LogP contribution in [0, 0.1) is 0 Å². The summed E-state index contributed by atoms with van der Waals surface area (Å²) < 4.78 is 9.17. The van der Waals surface area contributed by atoms with E-state index in [0.29, 0.717) is 6.29 Å². The number of carbonyl (C=O) groups is 3. The first-order valence-corrected chi connectivity index (χ1v) is 4.69. The highest BCUT2D eigenvalue weighted by Crippen LogP contribution is 2.15. The number of benzene rings is 1. The standard InChI is InChI=1S/C12H10O5/c1-16-11(14)6-7-12(15)17-10-5-3-2-4-9(10)8-13/h2-8H,1H3/b7-6-. The molecule has 0 fully saturated rings. The third kappa shape index (κ3) is 3.90. The van der Waals surface area contributed by atoms with Gasteiger partial charge in [0, 0.05) is 12.2 Å². The van der Waals surface area contributed by atoms with Crippen molar-refractivity contribution in [1.29, 1.82) is 0 Å². The molecule has 0 unspecified atom stereocenters. The fourth-order valence-electron chi connectivity index (χ4n) is 1.02. The van der Waals surface area contributed by atoms with Crippen molar-refractivity contribution in [1.82, 2.24) is 0 Å². The Morgan fingerprint density at radius 1 is 1.12 bits per heavy atom. The second kappa shape index (κ2) is 6.22. The highest BCUT2D eigenvalue weighted by atomic mass is 16.5. The lowest BCUT2D eigenvalue weighted by molar-refractivity contribution is -0.135. The zero-order valence-electron chi connectivity index (χ0n) is 9.08. The number of hydrogen-bond donors (Lipinski definition) is 0. The topological polar surface area (TPSA) is 69.7 Å². The van der Waals surface area contributed by atoms with Crippen molar-refractivity contribution in [2.75, 3.05) is 7.11 Å². The van der Waals surface area contributed by atoms with E-state index in [0.717, 1.165) is 12.2 Å². The average molecular weight is 234 g/mol. The van der Waals surface area contributed by atoms with Crippen LogP contribution in [0.2, 0.25) is 0 Å². The Bertz CT molecular complexity index is 462. The van der Waals surface area contributed by atoms with Crippen LogP contribution in [0.5, 0.6) is 5.75 Å². The molecule has 0 aromatic heterocycles. The number of para-hydroxylation sites is 1. The second-order valence-corrected chi connectivity index (χ2v) is 2.93. The van der Waals surface area contributed by atoms with E-state index >= 15 is 0 Å². The molecule has 0 saturated carbocycles. The van der Waals surface area contributed by atoms with Gasteiger partial charge in [-0.1, -0.05) is 12.1 Å². The molecule has 1 rings (SSSR count). The van der Waals surface area contributed by atoms with E-state index in [1.807, 2.05) is 0 Å². The number of methoxy groups -OCH3 is 1. The predicted octanol–water partition coefficient (Wildman–Crippen LogP) is 1.13. The molecule has 0 bridgehead atoms. The van der Waals surface area contributed by atoms with Gasteiger partial charge in [-0.15, -0.1) is 0 Å². The first kappa shape index (κ1) is 12.6. The Hall–Kier alpha value is -2.43. The van der Waals surface area contributed by atoms with Crippen LogP contribution in [0.4, 0.5) is 0 Å². The zero-order valence-corrected chi connectivity index (χ0v) is 9.08. The summed E-state index contributed by atoms with van der Waals surface area (Å²) in [6, 6.07) is 6.26. The molecule has 0 aliphatic carbocycles. The van der Waals surface area contributed by atoms with Gasteiger partial charge in [-0.2, -0.15) is 0 Å². The van der Waals surface area contributed by atoms with Gasteiger partial charge in [-0.05, 0) is 12.1 Å². The molecule has 17 heavy (non-hydrogen) atoms. The summed E-state index contributed by atoms with van der Waals surface area (Å²) in [5.41, 5.74) is 0.257. The Labute approximate surface area is 97.6 Å². The van der Waals surface area contributed by atoms with E-state index in [1.54, 1.807) is 12.1 Å². The third-order valence-electron chi connectivity index (χ3n) is 1.81.